The third kappa shape index (κ3) is 6.68. The second kappa shape index (κ2) is 10.9. The van der Waals surface area contributed by atoms with Crippen molar-refractivity contribution in [3.05, 3.63) is 64.1 Å². The molecule has 5 nitrogen and oxygen atoms in total. The van der Waals surface area contributed by atoms with Gasteiger partial charge in [0.1, 0.15) is 11.8 Å². The van der Waals surface area contributed by atoms with Crippen LogP contribution in [0.5, 0.6) is 5.75 Å². The molecule has 2 aromatic carbocycles. The van der Waals surface area contributed by atoms with Gasteiger partial charge in [0.05, 0.1) is 0 Å². The Hall–Kier alpha value is -2.34. The number of hydrogen-bond acceptors (Lipinski definition) is 3. The lowest BCUT2D eigenvalue weighted by Gasteiger charge is -2.28. The number of nitrogens with one attached hydrogen (secondary N) is 1. The number of ether oxygens (including phenoxy) is 1. The van der Waals surface area contributed by atoms with Crippen molar-refractivity contribution in [3.63, 3.8) is 0 Å². The minimum absolute atomic E-state index is 0.120. The summed E-state index contributed by atoms with van der Waals surface area (Å²) < 4.78 is 6.63. The molecule has 1 N–H and O–H groups in total. The van der Waals surface area contributed by atoms with Gasteiger partial charge in [-0.2, -0.15) is 0 Å². The van der Waals surface area contributed by atoms with Crippen molar-refractivity contribution in [2.24, 2.45) is 0 Å². The molecule has 0 heterocycles. The number of carbonyl (C=O) groups excluding carboxylic acids is 2. The van der Waals surface area contributed by atoms with E-state index in [2.05, 4.69) is 21.2 Å². The van der Waals surface area contributed by atoms with E-state index in [0.29, 0.717) is 18.8 Å². The van der Waals surface area contributed by atoms with Crippen LogP contribution in [-0.4, -0.2) is 35.9 Å². The molecular weight excluding hydrogens is 420 g/mol. The van der Waals surface area contributed by atoms with Gasteiger partial charge in [0.2, 0.25) is 5.91 Å². The molecule has 0 aromatic heterocycles. The molecule has 0 aliphatic carbocycles. The van der Waals surface area contributed by atoms with Gasteiger partial charge in [-0.25, -0.2) is 0 Å². The van der Waals surface area contributed by atoms with Crippen LogP contribution in [-0.2, 0) is 16.1 Å². The van der Waals surface area contributed by atoms with Crippen molar-refractivity contribution in [1.29, 1.82) is 0 Å². The van der Waals surface area contributed by atoms with E-state index in [-0.39, 0.29) is 18.4 Å². The summed E-state index contributed by atoms with van der Waals surface area (Å²) in [6.07, 6.45) is 0.843. The highest BCUT2D eigenvalue weighted by atomic mass is 79.9. The van der Waals surface area contributed by atoms with Crippen molar-refractivity contribution in [2.45, 2.75) is 39.8 Å². The zero-order valence-electron chi connectivity index (χ0n) is 16.6. The fraction of sp³-hybridized carbons (Fsp3) is 0.364. The van der Waals surface area contributed by atoms with Crippen LogP contribution in [0, 0.1) is 6.92 Å². The number of carbonyl (C=O) groups is 2. The Bertz CT molecular complexity index is 793. The number of amides is 2. The van der Waals surface area contributed by atoms with Crippen LogP contribution < -0.4 is 10.1 Å². The van der Waals surface area contributed by atoms with Gasteiger partial charge < -0.3 is 15.0 Å². The van der Waals surface area contributed by atoms with Crippen molar-refractivity contribution in [2.75, 3.05) is 13.2 Å². The third-order valence-corrected chi connectivity index (χ3v) is 4.86. The maximum absolute atomic E-state index is 12.9. The summed E-state index contributed by atoms with van der Waals surface area (Å²) >= 11 is 3.41. The van der Waals surface area contributed by atoms with Crippen LogP contribution in [0.15, 0.2) is 53.0 Å². The Morgan fingerprint density at radius 2 is 1.89 bits per heavy atom. The smallest absolute Gasteiger partial charge is 0.261 e. The average Bonchev–Trinajstić information content (AvgIpc) is 2.69. The van der Waals surface area contributed by atoms with E-state index in [9.17, 15) is 9.59 Å². The molecule has 0 saturated carbocycles. The molecule has 0 saturated heterocycles. The summed E-state index contributed by atoms with van der Waals surface area (Å²) in [4.78, 5) is 26.9. The predicted molar refractivity (Wildman–Crippen MR) is 114 cm³/mol. The van der Waals surface area contributed by atoms with E-state index >= 15 is 0 Å². The Labute approximate surface area is 175 Å². The number of benzene rings is 2. The Kier molecular flexibility index (Phi) is 8.51. The van der Waals surface area contributed by atoms with Gasteiger partial charge in [0.15, 0.2) is 6.61 Å². The summed E-state index contributed by atoms with van der Waals surface area (Å²) in [6, 6.07) is 14.7. The van der Waals surface area contributed by atoms with Crippen LogP contribution in [0.25, 0.3) is 0 Å². The molecule has 0 radical (unpaired) electrons. The quantitative estimate of drug-likeness (QED) is 0.630. The second-order valence-electron chi connectivity index (χ2n) is 6.72. The maximum Gasteiger partial charge on any atom is 0.261 e. The first kappa shape index (κ1) is 22.0. The topological polar surface area (TPSA) is 58.6 Å². The van der Waals surface area contributed by atoms with Crippen LogP contribution in [0.3, 0.4) is 0 Å². The number of hydrogen-bond donors (Lipinski definition) is 1. The minimum atomic E-state index is -0.594. The third-order valence-electron chi connectivity index (χ3n) is 4.33. The van der Waals surface area contributed by atoms with Crippen molar-refractivity contribution in [1.82, 2.24) is 10.2 Å². The van der Waals surface area contributed by atoms with Gasteiger partial charge in [-0.1, -0.05) is 47.1 Å². The molecule has 28 heavy (non-hydrogen) atoms. The van der Waals surface area contributed by atoms with E-state index < -0.39 is 6.04 Å². The van der Waals surface area contributed by atoms with Crippen molar-refractivity contribution >= 4 is 27.7 Å². The lowest BCUT2D eigenvalue weighted by atomic mass is 10.1. The first-order chi connectivity index (χ1) is 13.4. The molecule has 0 spiro atoms. The number of nitrogens with zero attached hydrogens (tertiary/aromatic N) is 1. The molecule has 0 aliphatic heterocycles. The van der Waals surface area contributed by atoms with Gasteiger partial charge in [0, 0.05) is 17.6 Å². The first-order valence-electron chi connectivity index (χ1n) is 9.41. The molecule has 2 amide bonds. The number of rotatable bonds is 9. The highest BCUT2D eigenvalue weighted by Gasteiger charge is 2.26. The number of halogens is 1. The predicted octanol–water partition coefficient (Wildman–Crippen LogP) is 4.08. The van der Waals surface area contributed by atoms with Crippen molar-refractivity contribution < 1.29 is 14.3 Å². The van der Waals surface area contributed by atoms with Crippen molar-refractivity contribution in [3.8, 4) is 5.75 Å². The molecule has 150 valence electrons. The minimum Gasteiger partial charge on any atom is -0.484 e. The molecule has 0 bridgehead atoms. The van der Waals surface area contributed by atoms with E-state index in [4.69, 9.17) is 4.74 Å². The van der Waals surface area contributed by atoms with Crippen LogP contribution in [0.2, 0.25) is 0 Å². The highest BCUT2D eigenvalue weighted by molar-refractivity contribution is 9.10. The molecule has 6 heteroatoms. The highest BCUT2D eigenvalue weighted by Crippen LogP contribution is 2.16. The lowest BCUT2D eigenvalue weighted by Crippen LogP contribution is -2.49. The van der Waals surface area contributed by atoms with E-state index in [1.165, 1.54) is 0 Å². The zero-order valence-corrected chi connectivity index (χ0v) is 18.2. The van der Waals surface area contributed by atoms with Gasteiger partial charge >= 0.3 is 0 Å². The van der Waals surface area contributed by atoms with E-state index in [1.807, 2.05) is 62.4 Å². The van der Waals surface area contributed by atoms with Gasteiger partial charge in [0.25, 0.3) is 5.91 Å². The standard InChI is InChI=1S/C22H27BrN2O3/c1-4-12-24-22(27)17(3)25(14-18-8-10-19(23)11-9-18)21(26)15-28-20-7-5-6-16(2)13-20/h5-11,13,17H,4,12,14-15H2,1-3H3,(H,24,27)/t17-/m0/s1. The van der Waals surface area contributed by atoms with Crippen LogP contribution in [0.4, 0.5) is 0 Å². The number of aryl methyl sites for hydroxylation is 1. The lowest BCUT2D eigenvalue weighted by molar-refractivity contribution is -0.142. The normalized spacial score (nSPS) is 11.6. The monoisotopic (exact) mass is 446 g/mol. The summed E-state index contributed by atoms with van der Waals surface area (Å²) in [7, 11) is 0. The summed E-state index contributed by atoms with van der Waals surface area (Å²) in [5.74, 6) is 0.242. The maximum atomic E-state index is 12.9. The van der Waals surface area contributed by atoms with Gasteiger partial charge in [-0.15, -0.1) is 0 Å². The van der Waals surface area contributed by atoms with Gasteiger partial charge in [-0.3, -0.25) is 9.59 Å². The fourth-order valence-electron chi connectivity index (χ4n) is 2.70. The molecule has 1 atom stereocenters. The van der Waals surface area contributed by atoms with Crippen LogP contribution >= 0.6 is 15.9 Å². The second-order valence-corrected chi connectivity index (χ2v) is 7.64. The zero-order chi connectivity index (χ0) is 20.5. The molecule has 0 unspecified atom stereocenters. The fourth-order valence-corrected chi connectivity index (χ4v) is 2.96. The Morgan fingerprint density at radius 1 is 1.18 bits per heavy atom. The molecule has 2 rings (SSSR count). The van der Waals surface area contributed by atoms with Gasteiger partial charge in [-0.05, 0) is 55.7 Å². The summed E-state index contributed by atoms with van der Waals surface area (Å²) in [5.41, 5.74) is 2.01. The van der Waals surface area contributed by atoms with E-state index in [1.54, 1.807) is 11.8 Å². The Balaban J connectivity index is 2.11. The summed E-state index contributed by atoms with van der Waals surface area (Å²) in [5, 5.41) is 2.86. The SMILES string of the molecule is CCCNC(=O)[C@H](C)N(Cc1ccc(Br)cc1)C(=O)COc1cccc(C)c1. The Morgan fingerprint density at radius 3 is 2.54 bits per heavy atom. The molecule has 2 aromatic rings. The molecule has 0 aliphatic rings. The molecular formula is C22H27BrN2O3. The summed E-state index contributed by atoms with van der Waals surface area (Å²) in [6.45, 7) is 6.51. The van der Waals surface area contributed by atoms with Crippen LogP contribution in [0.1, 0.15) is 31.4 Å². The largest absolute Gasteiger partial charge is 0.484 e. The first-order valence-corrected chi connectivity index (χ1v) is 10.2. The van der Waals surface area contributed by atoms with E-state index in [0.717, 1.165) is 22.0 Å². The molecule has 0 fully saturated rings. The average molecular weight is 447 g/mol.